The van der Waals surface area contributed by atoms with E-state index in [-0.39, 0.29) is 5.91 Å². The van der Waals surface area contributed by atoms with Gasteiger partial charge in [0.15, 0.2) is 0 Å². The van der Waals surface area contributed by atoms with E-state index in [2.05, 4.69) is 4.90 Å². The first kappa shape index (κ1) is 11.9. The number of carbonyl (C=O) groups excluding carboxylic acids is 1. The fourth-order valence-electron chi connectivity index (χ4n) is 3.51. The number of hydrogen-bond donors (Lipinski definition) is 0. The molecule has 1 amide bonds. The van der Waals surface area contributed by atoms with Gasteiger partial charge in [0.05, 0.1) is 17.7 Å². The lowest BCUT2D eigenvalue weighted by molar-refractivity contribution is 0.0208. The molecule has 3 nitrogen and oxygen atoms in total. The van der Waals surface area contributed by atoms with Crippen LogP contribution < -0.4 is 0 Å². The van der Waals surface area contributed by atoms with Crippen LogP contribution in [0.4, 0.5) is 0 Å². The molecule has 1 aromatic heterocycles. The van der Waals surface area contributed by atoms with Crippen LogP contribution in [0.25, 0.3) is 0 Å². The molecular formula is C15H19NO2S. The van der Waals surface area contributed by atoms with Crippen LogP contribution in [-0.4, -0.2) is 36.1 Å². The number of rotatable bonds is 4. The summed E-state index contributed by atoms with van der Waals surface area (Å²) in [6.45, 7) is 1.81. The van der Waals surface area contributed by atoms with E-state index in [0.717, 1.165) is 31.1 Å². The Balaban J connectivity index is 1.45. The molecule has 3 fully saturated rings. The van der Waals surface area contributed by atoms with Crippen LogP contribution in [0.15, 0.2) is 16.8 Å². The third kappa shape index (κ3) is 2.11. The first-order valence-electron chi connectivity index (χ1n) is 7.27. The van der Waals surface area contributed by atoms with Crippen molar-refractivity contribution in [3.63, 3.8) is 0 Å². The molecule has 4 heteroatoms. The van der Waals surface area contributed by atoms with Crippen LogP contribution >= 0.6 is 11.3 Å². The van der Waals surface area contributed by atoms with Gasteiger partial charge in [0.25, 0.3) is 5.91 Å². The highest BCUT2D eigenvalue weighted by molar-refractivity contribution is 7.08. The third-order valence-corrected chi connectivity index (χ3v) is 5.44. The lowest BCUT2D eigenvalue weighted by Crippen LogP contribution is -2.39. The largest absolute Gasteiger partial charge is 0.375 e. The minimum Gasteiger partial charge on any atom is -0.375 e. The second-order valence-corrected chi connectivity index (χ2v) is 6.90. The summed E-state index contributed by atoms with van der Waals surface area (Å²) in [7, 11) is 0. The number of likely N-dealkylation sites (tertiary alicyclic amines) is 1. The summed E-state index contributed by atoms with van der Waals surface area (Å²) < 4.78 is 6.12. The van der Waals surface area contributed by atoms with Gasteiger partial charge in [-0.05, 0) is 43.0 Å². The molecule has 1 aromatic rings. The third-order valence-electron chi connectivity index (χ3n) is 4.76. The van der Waals surface area contributed by atoms with Gasteiger partial charge in [-0.25, -0.2) is 0 Å². The summed E-state index contributed by atoms with van der Waals surface area (Å²) in [5, 5.41) is 3.93. The van der Waals surface area contributed by atoms with Crippen molar-refractivity contribution < 1.29 is 9.53 Å². The first-order chi connectivity index (χ1) is 9.33. The average Bonchev–Trinajstić information content (AvgIpc) is 2.89. The predicted molar refractivity (Wildman–Crippen MR) is 74.3 cm³/mol. The Morgan fingerprint density at radius 3 is 3.00 bits per heavy atom. The maximum Gasteiger partial charge on any atom is 0.255 e. The van der Waals surface area contributed by atoms with Crippen LogP contribution in [0.1, 0.15) is 36.0 Å². The highest BCUT2D eigenvalue weighted by Crippen LogP contribution is 2.41. The summed E-state index contributed by atoms with van der Waals surface area (Å²) in [6, 6.07) is 2.26. The zero-order valence-corrected chi connectivity index (χ0v) is 11.8. The van der Waals surface area contributed by atoms with Crippen molar-refractivity contribution in [3.8, 4) is 0 Å². The summed E-state index contributed by atoms with van der Waals surface area (Å²) in [6.07, 6.45) is 5.32. The Morgan fingerprint density at radius 2 is 2.26 bits per heavy atom. The molecule has 3 atom stereocenters. The van der Waals surface area contributed by atoms with Crippen LogP contribution in [-0.2, 0) is 4.74 Å². The monoisotopic (exact) mass is 277 g/mol. The van der Waals surface area contributed by atoms with Crippen molar-refractivity contribution in [1.29, 1.82) is 0 Å². The van der Waals surface area contributed by atoms with E-state index in [0.29, 0.717) is 18.1 Å². The molecule has 2 bridgehead atoms. The number of carbonyl (C=O) groups is 1. The van der Waals surface area contributed by atoms with Crippen molar-refractivity contribution in [2.75, 3.05) is 13.2 Å². The van der Waals surface area contributed by atoms with Gasteiger partial charge in [0.2, 0.25) is 0 Å². The number of amides is 1. The number of fused-ring (bicyclic) bond motifs is 2. The van der Waals surface area contributed by atoms with Gasteiger partial charge in [-0.1, -0.05) is 0 Å². The highest BCUT2D eigenvalue weighted by atomic mass is 32.1. The Hall–Kier alpha value is -0.870. The molecule has 0 aromatic carbocycles. The maximum atomic E-state index is 12.5. The molecule has 0 spiro atoms. The molecule has 4 rings (SSSR count). The van der Waals surface area contributed by atoms with Crippen LogP contribution in [0.2, 0.25) is 0 Å². The smallest absolute Gasteiger partial charge is 0.255 e. The quantitative estimate of drug-likeness (QED) is 0.847. The van der Waals surface area contributed by atoms with Gasteiger partial charge in [-0.2, -0.15) is 11.3 Å². The van der Waals surface area contributed by atoms with Crippen molar-refractivity contribution in [2.24, 2.45) is 11.8 Å². The molecule has 2 saturated carbocycles. The Morgan fingerprint density at radius 1 is 1.37 bits per heavy atom. The van der Waals surface area contributed by atoms with E-state index < -0.39 is 0 Å². The molecule has 0 N–H and O–H groups in total. The Bertz CT molecular complexity index is 468. The molecule has 1 aliphatic heterocycles. The number of ether oxygens (including phenoxy) is 1. The fourth-order valence-corrected chi connectivity index (χ4v) is 4.14. The minimum absolute atomic E-state index is 0.202. The molecule has 2 heterocycles. The highest BCUT2D eigenvalue weighted by Gasteiger charge is 2.49. The number of thiophene rings is 1. The number of nitrogens with zero attached hydrogens (tertiary/aromatic N) is 1. The Labute approximate surface area is 117 Å². The van der Waals surface area contributed by atoms with Crippen LogP contribution in [0.5, 0.6) is 0 Å². The predicted octanol–water partition coefficient (Wildman–Crippen LogP) is 2.78. The summed E-state index contributed by atoms with van der Waals surface area (Å²) in [5.74, 6) is 1.58. The molecule has 102 valence electrons. The van der Waals surface area contributed by atoms with E-state index >= 15 is 0 Å². The second-order valence-electron chi connectivity index (χ2n) is 6.12. The zero-order valence-electron chi connectivity index (χ0n) is 11.0. The Kier molecular flexibility index (Phi) is 2.88. The lowest BCUT2D eigenvalue weighted by Gasteiger charge is -2.27. The fraction of sp³-hybridized carbons (Fsp3) is 0.667. The van der Waals surface area contributed by atoms with E-state index in [1.807, 2.05) is 16.8 Å². The number of piperidine rings is 1. The first-order valence-corrected chi connectivity index (χ1v) is 8.22. The van der Waals surface area contributed by atoms with E-state index in [1.54, 1.807) is 11.3 Å². The van der Waals surface area contributed by atoms with E-state index in [1.165, 1.54) is 19.3 Å². The zero-order chi connectivity index (χ0) is 12.8. The molecule has 1 saturated heterocycles. The molecule has 19 heavy (non-hydrogen) atoms. The van der Waals surface area contributed by atoms with Gasteiger partial charge < -0.3 is 9.64 Å². The standard InChI is InChI=1S/C15H19NO2S/c17-15(12-5-6-19-9-12)16-7-11-3-4-13(16)14(11)18-8-10-1-2-10/h5-6,9-11,13-14H,1-4,7-8H2/t11-,13+,14+/m1/s1. The van der Waals surface area contributed by atoms with Crippen molar-refractivity contribution >= 4 is 17.2 Å². The second kappa shape index (κ2) is 4.60. The van der Waals surface area contributed by atoms with Gasteiger partial charge in [-0.3, -0.25) is 4.79 Å². The normalized spacial score (nSPS) is 33.1. The van der Waals surface area contributed by atoms with Crippen LogP contribution in [0.3, 0.4) is 0 Å². The van der Waals surface area contributed by atoms with Gasteiger partial charge in [0.1, 0.15) is 0 Å². The SMILES string of the molecule is O=C(c1ccsc1)N1C[C@H]2CC[C@H]1[C@H]2OCC1CC1. The van der Waals surface area contributed by atoms with Gasteiger partial charge in [0, 0.05) is 24.4 Å². The van der Waals surface area contributed by atoms with E-state index in [4.69, 9.17) is 4.74 Å². The van der Waals surface area contributed by atoms with Crippen molar-refractivity contribution in [3.05, 3.63) is 22.4 Å². The minimum atomic E-state index is 0.202. The summed E-state index contributed by atoms with van der Waals surface area (Å²) >= 11 is 1.59. The van der Waals surface area contributed by atoms with Crippen molar-refractivity contribution in [2.45, 2.75) is 37.8 Å². The van der Waals surface area contributed by atoms with Gasteiger partial charge in [-0.15, -0.1) is 0 Å². The number of hydrogen-bond acceptors (Lipinski definition) is 3. The van der Waals surface area contributed by atoms with Crippen LogP contribution in [0, 0.1) is 11.8 Å². The molecule has 0 radical (unpaired) electrons. The van der Waals surface area contributed by atoms with Gasteiger partial charge >= 0.3 is 0 Å². The maximum absolute atomic E-state index is 12.5. The lowest BCUT2D eigenvalue weighted by atomic mass is 10.1. The summed E-state index contributed by atoms with van der Waals surface area (Å²) in [4.78, 5) is 14.5. The molecular weight excluding hydrogens is 258 g/mol. The van der Waals surface area contributed by atoms with Crippen molar-refractivity contribution in [1.82, 2.24) is 4.90 Å². The van der Waals surface area contributed by atoms with E-state index in [9.17, 15) is 4.79 Å². The topological polar surface area (TPSA) is 29.5 Å². The molecule has 3 aliphatic rings. The molecule has 0 unspecified atom stereocenters. The molecule has 2 aliphatic carbocycles. The summed E-state index contributed by atoms with van der Waals surface area (Å²) in [5.41, 5.74) is 0.846. The average molecular weight is 277 g/mol.